The molecule has 1 aromatic heterocycles. The number of fused-ring (bicyclic) bond motifs is 1. The summed E-state index contributed by atoms with van der Waals surface area (Å²) in [5, 5.41) is 3.55. The number of amides is 1. The average molecular weight is 507 g/mol. The lowest BCUT2D eigenvalue weighted by Crippen LogP contribution is -2.29. The van der Waals surface area contributed by atoms with Gasteiger partial charge in [-0.2, -0.15) is 0 Å². The molecule has 4 rings (SSSR count). The Labute approximate surface area is 217 Å². The summed E-state index contributed by atoms with van der Waals surface area (Å²) in [5.41, 5.74) is 3.27. The minimum absolute atomic E-state index is 0.252. The van der Waals surface area contributed by atoms with E-state index in [-0.39, 0.29) is 18.5 Å². The van der Waals surface area contributed by atoms with Crippen LogP contribution in [-0.4, -0.2) is 36.5 Å². The van der Waals surface area contributed by atoms with E-state index in [9.17, 15) is 9.59 Å². The Hall–Kier alpha value is -3.16. The highest BCUT2D eigenvalue weighted by atomic mass is 32.1. The van der Waals surface area contributed by atoms with Gasteiger partial charge in [-0.1, -0.05) is 50.1 Å². The number of anilines is 1. The lowest BCUT2D eigenvalue weighted by molar-refractivity contribution is 0.0526. The number of benzene rings is 2. The van der Waals surface area contributed by atoms with Gasteiger partial charge in [-0.05, 0) is 55.2 Å². The molecule has 0 atom stereocenters. The molecule has 0 unspecified atom stereocenters. The van der Waals surface area contributed by atoms with Crippen molar-refractivity contribution in [1.82, 2.24) is 4.90 Å². The van der Waals surface area contributed by atoms with E-state index in [1.807, 2.05) is 30.3 Å². The van der Waals surface area contributed by atoms with Crippen LogP contribution < -0.4 is 10.1 Å². The summed E-state index contributed by atoms with van der Waals surface area (Å²) >= 11 is 1.47. The molecule has 3 aromatic rings. The third-order valence-corrected chi connectivity index (χ3v) is 7.36. The minimum atomic E-state index is -0.377. The van der Waals surface area contributed by atoms with Gasteiger partial charge in [-0.3, -0.25) is 9.69 Å². The van der Waals surface area contributed by atoms with Crippen LogP contribution in [0.2, 0.25) is 0 Å². The number of ether oxygens (including phenoxy) is 2. The molecule has 1 aliphatic heterocycles. The minimum Gasteiger partial charge on any atom is -0.494 e. The predicted octanol–water partition coefficient (Wildman–Crippen LogP) is 6.30. The summed E-state index contributed by atoms with van der Waals surface area (Å²) in [6, 6.07) is 17.5. The number of hydrogen-bond acceptors (Lipinski definition) is 6. The van der Waals surface area contributed by atoms with Gasteiger partial charge in [0, 0.05) is 30.1 Å². The molecule has 0 radical (unpaired) electrons. The van der Waals surface area contributed by atoms with Crippen LogP contribution in [0.15, 0.2) is 54.6 Å². The van der Waals surface area contributed by atoms with E-state index in [0.717, 1.165) is 61.5 Å². The number of carbonyl (C=O) groups excluding carboxylic acids is 2. The van der Waals surface area contributed by atoms with E-state index in [2.05, 4.69) is 29.3 Å². The van der Waals surface area contributed by atoms with Crippen LogP contribution in [0.4, 0.5) is 5.00 Å². The van der Waals surface area contributed by atoms with Crippen LogP contribution in [0.1, 0.15) is 69.8 Å². The number of thiophene rings is 1. The summed E-state index contributed by atoms with van der Waals surface area (Å²) in [6.07, 6.45) is 4.04. The molecule has 2 heterocycles. The van der Waals surface area contributed by atoms with Gasteiger partial charge in [-0.15, -0.1) is 11.3 Å². The number of nitrogens with zero attached hydrogens (tertiary/aromatic N) is 1. The van der Waals surface area contributed by atoms with Crippen molar-refractivity contribution in [3.8, 4) is 5.75 Å². The molecule has 1 aliphatic rings. The lowest BCUT2D eigenvalue weighted by atomic mass is 10.0. The average Bonchev–Trinajstić information content (AvgIpc) is 3.24. The SMILES string of the molecule is CCCCCOc1ccc(C(=O)Nc2sc3c(c2C(=O)OCC)CCN(Cc2ccccc2)C3)cc1. The monoisotopic (exact) mass is 506 g/mol. The molecule has 2 aromatic carbocycles. The zero-order valence-corrected chi connectivity index (χ0v) is 21.9. The van der Waals surface area contributed by atoms with E-state index < -0.39 is 0 Å². The Morgan fingerprint density at radius 3 is 2.53 bits per heavy atom. The van der Waals surface area contributed by atoms with Crippen molar-refractivity contribution in [3.63, 3.8) is 0 Å². The molecule has 0 aliphatic carbocycles. The van der Waals surface area contributed by atoms with Crippen molar-refractivity contribution >= 4 is 28.2 Å². The van der Waals surface area contributed by atoms with Gasteiger partial charge in [0.1, 0.15) is 10.8 Å². The van der Waals surface area contributed by atoms with Gasteiger partial charge >= 0.3 is 5.97 Å². The third kappa shape index (κ3) is 6.53. The maximum Gasteiger partial charge on any atom is 0.341 e. The first-order valence-electron chi connectivity index (χ1n) is 12.7. The zero-order chi connectivity index (χ0) is 25.3. The molecule has 1 amide bonds. The van der Waals surface area contributed by atoms with E-state index in [0.29, 0.717) is 22.7 Å². The van der Waals surface area contributed by atoms with Gasteiger partial charge < -0.3 is 14.8 Å². The number of unbranched alkanes of at least 4 members (excludes halogenated alkanes) is 2. The van der Waals surface area contributed by atoms with E-state index in [4.69, 9.17) is 9.47 Å². The van der Waals surface area contributed by atoms with Crippen molar-refractivity contribution in [2.45, 2.75) is 52.6 Å². The molecule has 0 bridgehead atoms. The van der Waals surface area contributed by atoms with Crippen LogP contribution >= 0.6 is 11.3 Å². The first-order chi connectivity index (χ1) is 17.6. The highest BCUT2D eigenvalue weighted by Gasteiger charge is 2.29. The first kappa shape index (κ1) is 25.9. The topological polar surface area (TPSA) is 67.9 Å². The number of carbonyl (C=O) groups is 2. The highest BCUT2D eigenvalue weighted by molar-refractivity contribution is 7.17. The second-order valence-electron chi connectivity index (χ2n) is 8.91. The molecule has 6 nitrogen and oxygen atoms in total. The lowest BCUT2D eigenvalue weighted by Gasteiger charge is -2.27. The second-order valence-corrected chi connectivity index (χ2v) is 10.0. The summed E-state index contributed by atoms with van der Waals surface area (Å²) in [4.78, 5) is 29.4. The molecular weight excluding hydrogens is 472 g/mol. The smallest absolute Gasteiger partial charge is 0.341 e. The van der Waals surface area contributed by atoms with Gasteiger partial charge in [0.2, 0.25) is 0 Å². The van der Waals surface area contributed by atoms with E-state index in [1.165, 1.54) is 16.9 Å². The van der Waals surface area contributed by atoms with Gasteiger partial charge in [0.05, 0.1) is 18.8 Å². The maximum absolute atomic E-state index is 13.1. The highest BCUT2D eigenvalue weighted by Crippen LogP contribution is 2.38. The predicted molar refractivity (Wildman–Crippen MR) is 144 cm³/mol. The Morgan fingerprint density at radius 1 is 1.03 bits per heavy atom. The normalized spacial score (nSPS) is 13.2. The number of rotatable bonds is 11. The molecule has 190 valence electrons. The zero-order valence-electron chi connectivity index (χ0n) is 21.0. The number of esters is 1. The fourth-order valence-electron chi connectivity index (χ4n) is 4.36. The molecular formula is C29H34N2O4S. The van der Waals surface area contributed by atoms with Crippen LogP contribution in [0, 0.1) is 0 Å². The quantitative estimate of drug-likeness (QED) is 0.244. The molecule has 0 saturated heterocycles. The van der Waals surface area contributed by atoms with Crippen LogP contribution in [0.5, 0.6) is 5.75 Å². The third-order valence-electron chi connectivity index (χ3n) is 6.22. The summed E-state index contributed by atoms with van der Waals surface area (Å²) in [7, 11) is 0. The number of hydrogen-bond donors (Lipinski definition) is 1. The fraction of sp³-hybridized carbons (Fsp3) is 0.379. The van der Waals surface area contributed by atoms with Crippen molar-refractivity contribution in [3.05, 3.63) is 81.7 Å². The summed E-state index contributed by atoms with van der Waals surface area (Å²) in [5.74, 6) is 0.121. The van der Waals surface area contributed by atoms with Crippen molar-refractivity contribution in [1.29, 1.82) is 0 Å². The van der Waals surface area contributed by atoms with Crippen molar-refractivity contribution in [2.24, 2.45) is 0 Å². The fourth-order valence-corrected chi connectivity index (χ4v) is 5.63. The Bertz CT molecular complexity index is 1160. The van der Waals surface area contributed by atoms with Gasteiger partial charge in [0.25, 0.3) is 5.91 Å². The van der Waals surface area contributed by atoms with E-state index in [1.54, 1.807) is 19.1 Å². The number of nitrogens with one attached hydrogen (secondary N) is 1. The van der Waals surface area contributed by atoms with Crippen LogP contribution in [0.3, 0.4) is 0 Å². The Morgan fingerprint density at radius 2 is 1.81 bits per heavy atom. The molecule has 36 heavy (non-hydrogen) atoms. The largest absolute Gasteiger partial charge is 0.494 e. The molecule has 7 heteroatoms. The first-order valence-corrected chi connectivity index (χ1v) is 13.5. The Kier molecular flexibility index (Phi) is 9.14. The molecule has 0 saturated carbocycles. The van der Waals surface area contributed by atoms with Gasteiger partial charge in [-0.25, -0.2) is 4.79 Å². The molecule has 0 spiro atoms. The maximum atomic E-state index is 13.1. The standard InChI is InChI=1S/C29H34N2O4S/c1-3-5-9-18-35-23-14-12-22(13-15-23)27(32)30-28-26(29(33)34-4-2)24-16-17-31(20-25(24)36-28)19-21-10-7-6-8-11-21/h6-8,10-15H,3-5,9,16-20H2,1-2H3,(H,30,32). The second kappa shape index (κ2) is 12.7. The molecule has 1 N–H and O–H groups in total. The Balaban J connectivity index is 1.48. The van der Waals surface area contributed by atoms with E-state index >= 15 is 0 Å². The molecule has 0 fully saturated rings. The van der Waals surface area contributed by atoms with Gasteiger partial charge in [0.15, 0.2) is 0 Å². The van der Waals surface area contributed by atoms with Crippen molar-refractivity contribution in [2.75, 3.05) is 25.1 Å². The summed E-state index contributed by atoms with van der Waals surface area (Å²) in [6.45, 7) is 7.34. The van der Waals surface area contributed by atoms with Crippen LogP contribution in [0.25, 0.3) is 0 Å². The van der Waals surface area contributed by atoms with Crippen LogP contribution in [-0.2, 0) is 24.2 Å². The summed E-state index contributed by atoms with van der Waals surface area (Å²) < 4.78 is 11.1. The van der Waals surface area contributed by atoms with Crippen molar-refractivity contribution < 1.29 is 19.1 Å².